The van der Waals surface area contributed by atoms with E-state index in [9.17, 15) is 4.79 Å². The summed E-state index contributed by atoms with van der Waals surface area (Å²) >= 11 is 0. The lowest BCUT2D eigenvalue weighted by molar-refractivity contribution is 0.102. The fourth-order valence-electron chi connectivity index (χ4n) is 2.65. The molecule has 2 aromatic carbocycles. The molecule has 7 heteroatoms. The topological polar surface area (TPSA) is 102 Å². The van der Waals surface area contributed by atoms with Crippen molar-refractivity contribution in [2.45, 2.75) is 13.8 Å². The van der Waals surface area contributed by atoms with Crippen LogP contribution >= 0.6 is 0 Å². The van der Waals surface area contributed by atoms with E-state index in [0.29, 0.717) is 17.1 Å². The minimum Gasteiger partial charge on any atom is -0.495 e. The van der Waals surface area contributed by atoms with Crippen LogP contribution in [0.1, 0.15) is 29.9 Å². The summed E-state index contributed by atoms with van der Waals surface area (Å²) in [6.45, 7) is 3.47. The molecule has 0 fully saturated rings. The van der Waals surface area contributed by atoms with E-state index in [2.05, 4.69) is 20.8 Å². The highest BCUT2D eigenvalue weighted by Gasteiger charge is 2.12. The fourth-order valence-corrected chi connectivity index (χ4v) is 2.65. The monoisotopic (exact) mass is 363 g/mol. The maximum absolute atomic E-state index is 12.5. The zero-order valence-corrected chi connectivity index (χ0v) is 15.4. The number of amidine groups is 1. The molecule has 0 aliphatic heterocycles. The third-order valence-electron chi connectivity index (χ3n) is 4.03. The molecule has 1 aromatic heterocycles. The van der Waals surface area contributed by atoms with Crippen LogP contribution in [0, 0.1) is 5.41 Å². The largest absolute Gasteiger partial charge is 0.495 e. The number of H-pyrrole nitrogens is 1. The van der Waals surface area contributed by atoms with Crippen LogP contribution in [0.3, 0.4) is 0 Å². The van der Waals surface area contributed by atoms with Gasteiger partial charge in [-0.3, -0.25) is 15.6 Å². The van der Waals surface area contributed by atoms with Gasteiger partial charge in [0, 0.05) is 11.1 Å². The molecule has 0 aliphatic carbocycles. The van der Waals surface area contributed by atoms with Crippen LogP contribution in [0.2, 0.25) is 0 Å². The quantitative estimate of drug-likeness (QED) is 0.315. The highest BCUT2D eigenvalue weighted by molar-refractivity contribution is 6.07. The Balaban J connectivity index is 1.74. The van der Waals surface area contributed by atoms with Crippen LogP contribution in [0.4, 0.5) is 5.69 Å². The van der Waals surface area contributed by atoms with Gasteiger partial charge in [0.25, 0.3) is 5.91 Å². The number of hydrazone groups is 1. The number of fused-ring (bicyclic) bond motifs is 1. The standard InChI is InChI=1S/C20H21N5O2/c1-12(24-25-13(2)21)14-7-9-16(10-8-14)22-20(26)17-11-15-5-4-6-18(27-3)19(15)23-17/h4-11,23H,1-3H3,(H2,21,25)(H,22,26). The van der Waals surface area contributed by atoms with Crippen molar-refractivity contribution in [2.75, 3.05) is 12.4 Å². The minimum absolute atomic E-state index is 0.229. The average molecular weight is 363 g/mol. The molecule has 0 saturated carbocycles. The number of nitrogens with zero attached hydrogens (tertiary/aromatic N) is 1. The number of nitrogens with one attached hydrogen (secondary N) is 4. The molecule has 1 amide bonds. The van der Waals surface area contributed by atoms with Crippen molar-refractivity contribution in [3.63, 3.8) is 0 Å². The molecule has 4 N–H and O–H groups in total. The summed E-state index contributed by atoms with van der Waals surface area (Å²) in [6.07, 6.45) is 0. The molecule has 138 valence electrons. The predicted octanol–water partition coefficient (Wildman–Crippen LogP) is 3.74. The van der Waals surface area contributed by atoms with Crippen LogP contribution in [0.25, 0.3) is 10.9 Å². The van der Waals surface area contributed by atoms with E-state index in [1.807, 2.05) is 49.4 Å². The van der Waals surface area contributed by atoms with Crippen LogP contribution in [-0.2, 0) is 0 Å². The first-order chi connectivity index (χ1) is 13.0. The Hall–Kier alpha value is -3.61. The minimum atomic E-state index is -0.229. The van der Waals surface area contributed by atoms with Crippen molar-refractivity contribution >= 4 is 34.0 Å². The number of aromatic nitrogens is 1. The predicted molar refractivity (Wildman–Crippen MR) is 108 cm³/mol. The Kier molecular flexibility index (Phi) is 5.21. The van der Waals surface area contributed by atoms with Crippen LogP contribution in [-0.4, -0.2) is 29.5 Å². The number of benzene rings is 2. The highest BCUT2D eigenvalue weighted by Crippen LogP contribution is 2.25. The molecule has 7 nitrogen and oxygen atoms in total. The lowest BCUT2D eigenvalue weighted by Gasteiger charge is -2.06. The van der Waals surface area contributed by atoms with Crippen molar-refractivity contribution < 1.29 is 9.53 Å². The number of anilines is 1. The molecule has 3 aromatic rings. The lowest BCUT2D eigenvalue weighted by atomic mass is 10.1. The second-order valence-electron chi connectivity index (χ2n) is 6.07. The zero-order valence-electron chi connectivity index (χ0n) is 15.4. The third-order valence-corrected chi connectivity index (χ3v) is 4.03. The number of rotatable bonds is 5. The Labute approximate surface area is 156 Å². The molecule has 27 heavy (non-hydrogen) atoms. The summed E-state index contributed by atoms with van der Waals surface area (Å²) in [7, 11) is 1.60. The first-order valence-electron chi connectivity index (χ1n) is 8.41. The molecular formula is C20H21N5O2. The summed E-state index contributed by atoms with van der Waals surface area (Å²) in [5.41, 5.74) is 6.21. The van der Waals surface area contributed by atoms with Gasteiger partial charge in [0.1, 0.15) is 17.3 Å². The first kappa shape index (κ1) is 18.2. The smallest absolute Gasteiger partial charge is 0.272 e. The van der Waals surface area contributed by atoms with Gasteiger partial charge in [0.15, 0.2) is 0 Å². The van der Waals surface area contributed by atoms with E-state index in [4.69, 9.17) is 10.1 Å². The van der Waals surface area contributed by atoms with Gasteiger partial charge in [-0.25, -0.2) is 0 Å². The number of para-hydroxylation sites is 1. The maximum Gasteiger partial charge on any atom is 0.272 e. The second kappa shape index (κ2) is 7.74. The number of carbonyl (C=O) groups excluding carboxylic acids is 1. The number of methoxy groups -OCH3 is 1. The number of aromatic amines is 1. The molecule has 0 bridgehead atoms. The molecule has 0 radical (unpaired) electrons. The van der Waals surface area contributed by atoms with E-state index in [0.717, 1.165) is 22.2 Å². The number of amides is 1. The van der Waals surface area contributed by atoms with E-state index in [1.165, 1.54) is 0 Å². The van der Waals surface area contributed by atoms with Crippen molar-refractivity contribution in [3.05, 3.63) is 59.8 Å². The van der Waals surface area contributed by atoms with Gasteiger partial charge < -0.3 is 15.0 Å². The third kappa shape index (κ3) is 4.14. The van der Waals surface area contributed by atoms with E-state index in [-0.39, 0.29) is 11.7 Å². The van der Waals surface area contributed by atoms with Gasteiger partial charge >= 0.3 is 0 Å². The zero-order chi connectivity index (χ0) is 19.4. The number of hydrogen-bond donors (Lipinski definition) is 4. The van der Waals surface area contributed by atoms with Crippen LogP contribution < -0.4 is 15.5 Å². The maximum atomic E-state index is 12.5. The van der Waals surface area contributed by atoms with E-state index < -0.39 is 0 Å². The van der Waals surface area contributed by atoms with Crippen molar-refractivity contribution in [1.29, 1.82) is 5.41 Å². The Bertz CT molecular complexity index is 1020. The van der Waals surface area contributed by atoms with Gasteiger partial charge in [-0.15, -0.1) is 0 Å². The normalized spacial score (nSPS) is 11.3. The molecule has 0 unspecified atom stereocenters. The molecular weight excluding hydrogens is 342 g/mol. The Morgan fingerprint density at radius 3 is 2.56 bits per heavy atom. The van der Waals surface area contributed by atoms with E-state index >= 15 is 0 Å². The van der Waals surface area contributed by atoms with Crippen molar-refractivity contribution in [1.82, 2.24) is 10.4 Å². The lowest BCUT2D eigenvalue weighted by Crippen LogP contribution is -2.14. The first-order valence-corrected chi connectivity index (χ1v) is 8.41. The van der Waals surface area contributed by atoms with Gasteiger partial charge in [-0.1, -0.05) is 24.3 Å². The second-order valence-corrected chi connectivity index (χ2v) is 6.07. The summed E-state index contributed by atoms with van der Waals surface area (Å²) in [6, 6.07) is 14.8. The van der Waals surface area contributed by atoms with Gasteiger partial charge in [-0.2, -0.15) is 5.10 Å². The summed E-state index contributed by atoms with van der Waals surface area (Å²) in [5.74, 6) is 0.736. The molecule has 0 atom stereocenters. The number of carbonyl (C=O) groups is 1. The molecule has 0 spiro atoms. The Morgan fingerprint density at radius 1 is 1.15 bits per heavy atom. The van der Waals surface area contributed by atoms with Gasteiger partial charge in [0.2, 0.25) is 0 Å². The van der Waals surface area contributed by atoms with Crippen molar-refractivity contribution in [3.8, 4) is 5.75 Å². The van der Waals surface area contributed by atoms with Gasteiger partial charge in [0.05, 0.1) is 18.3 Å². The molecule has 1 heterocycles. The molecule has 0 aliphatic rings. The van der Waals surface area contributed by atoms with Crippen molar-refractivity contribution in [2.24, 2.45) is 5.10 Å². The Morgan fingerprint density at radius 2 is 1.89 bits per heavy atom. The molecule has 3 rings (SSSR count). The SMILES string of the molecule is COc1cccc2cc(C(=O)Nc3ccc(C(C)=NNC(C)=N)cc3)[nH]c12. The summed E-state index contributed by atoms with van der Waals surface area (Å²) < 4.78 is 5.32. The number of hydrogen-bond acceptors (Lipinski definition) is 4. The van der Waals surface area contributed by atoms with Crippen LogP contribution in [0.5, 0.6) is 5.75 Å². The number of ether oxygens (including phenoxy) is 1. The fraction of sp³-hybridized carbons (Fsp3) is 0.150. The summed E-state index contributed by atoms with van der Waals surface area (Å²) in [5, 5.41) is 15.2. The molecule has 0 saturated heterocycles. The van der Waals surface area contributed by atoms with E-state index in [1.54, 1.807) is 20.1 Å². The average Bonchev–Trinajstić information content (AvgIpc) is 3.11. The summed E-state index contributed by atoms with van der Waals surface area (Å²) in [4.78, 5) is 15.6. The van der Waals surface area contributed by atoms with Gasteiger partial charge in [-0.05, 0) is 43.7 Å². The van der Waals surface area contributed by atoms with Crippen LogP contribution in [0.15, 0.2) is 53.6 Å². The highest BCUT2D eigenvalue weighted by atomic mass is 16.5.